The molecule has 4 nitrogen and oxygen atoms in total. The van der Waals surface area contributed by atoms with Crippen molar-refractivity contribution >= 4 is 5.97 Å². The Morgan fingerprint density at radius 1 is 1.22 bits per heavy atom. The number of rotatable bonds is 9. The Balaban J connectivity index is 1.45. The summed E-state index contributed by atoms with van der Waals surface area (Å²) in [5.41, 5.74) is 1.43. The Morgan fingerprint density at radius 3 is 2.74 bits per heavy atom. The third-order valence-corrected chi connectivity index (χ3v) is 7.04. The molecule has 152 valence electrons. The smallest absolute Gasteiger partial charge is 0.303 e. The lowest BCUT2D eigenvalue weighted by Crippen LogP contribution is -2.17. The highest BCUT2D eigenvalue weighted by Crippen LogP contribution is 2.50. The van der Waals surface area contributed by atoms with Gasteiger partial charge in [-0.1, -0.05) is 49.5 Å². The van der Waals surface area contributed by atoms with E-state index in [4.69, 9.17) is 5.11 Å². The molecule has 3 aliphatic rings. The van der Waals surface area contributed by atoms with Crippen molar-refractivity contribution < 1.29 is 20.1 Å². The maximum Gasteiger partial charge on any atom is 0.303 e. The normalized spacial score (nSPS) is 33.9. The standard InChI is InChI=1S/C23H36O4/c24-19(10-9-16-5-1-2-6-16)11-12-20-21-14-17(7-3-4-8-23(26)27)13-18(21)15-22(20)25/h7,11-12,16,18-22,24-25H,1-6,8-10,13-15H2,(H,26,27)/b12-11+,17-7+/t18-,19-,20-,21+,22-/m1/s1. The number of aliphatic carboxylic acids is 1. The number of carboxylic acid groups (broad SMARTS) is 1. The monoisotopic (exact) mass is 376 g/mol. The molecule has 0 aromatic heterocycles. The molecule has 0 aromatic carbocycles. The fraction of sp³-hybridized carbons (Fsp3) is 0.783. The molecule has 0 amide bonds. The molecular weight excluding hydrogens is 340 g/mol. The highest BCUT2D eigenvalue weighted by Gasteiger charge is 2.44. The van der Waals surface area contributed by atoms with Crippen molar-refractivity contribution in [2.45, 2.75) is 89.3 Å². The van der Waals surface area contributed by atoms with Gasteiger partial charge >= 0.3 is 5.97 Å². The summed E-state index contributed by atoms with van der Waals surface area (Å²) in [6, 6.07) is 0. The molecule has 4 heteroatoms. The first-order valence-corrected chi connectivity index (χ1v) is 11.0. The van der Waals surface area contributed by atoms with Gasteiger partial charge in [-0.2, -0.15) is 0 Å². The van der Waals surface area contributed by atoms with Crippen LogP contribution in [-0.2, 0) is 4.79 Å². The molecule has 0 aromatic rings. The summed E-state index contributed by atoms with van der Waals surface area (Å²) in [6.07, 6.45) is 17.6. The van der Waals surface area contributed by atoms with Crippen molar-refractivity contribution in [1.82, 2.24) is 0 Å². The number of aliphatic hydroxyl groups excluding tert-OH is 2. The molecule has 3 saturated carbocycles. The third-order valence-electron chi connectivity index (χ3n) is 7.04. The van der Waals surface area contributed by atoms with Crippen LogP contribution < -0.4 is 0 Å². The zero-order valence-corrected chi connectivity index (χ0v) is 16.4. The predicted octanol–water partition coefficient (Wildman–Crippen LogP) is 4.46. The maximum absolute atomic E-state index is 10.6. The van der Waals surface area contributed by atoms with Gasteiger partial charge in [-0.25, -0.2) is 0 Å². The van der Waals surface area contributed by atoms with Crippen LogP contribution in [0.1, 0.15) is 77.0 Å². The summed E-state index contributed by atoms with van der Waals surface area (Å²) >= 11 is 0. The number of hydrogen-bond acceptors (Lipinski definition) is 3. The van der Waals surface area contributed by atoms with Gasteiger partial charge in [0.05, 0.1) is 12.2 Å². The Hall–Kier alpha value is -1.13. The molecule has 5 atom stereocenters. The highest BCUT2D eigenvalue weighted by atomic mass is 16.4. The fourth-order valence-corrected chi connectivity index (χ4v) is 5.56. The number of unbranched alkanes of at least 4 members (excludes halogenated alkanes) is 1. The van der Waals surface area contributed by atoms with Crippen molar-refractivity contribution in [2.75, 3.05) is 0 Å². The lowest BCUT2D eigenvalue weighted by Gasteiger charge is -2.18. The number of carbonyl (C=O) groups is 1. The molecule has 3 N–H and O–H groups in total. The van der Waals surface area contributed by atoms with Crippen LogP contribution in [0.4, 0.5) is 0 Å². The molecule has 3 rings (SSSR count). The third kappa shape index (κ3) is 5.92. The van der Waals surface area contributed by atoms with Crippen LogP contribution >= 0.6 is 0 Å². The second-order valence-corrected chi connectivity index (χ2v) is 9.04. The van der Waals surface area contributed by atoms with Gasteiger partial charge in [-0.15, -0.1) is 0 Å². The van der Waals surface area contributed by atoms with Gasteiger partial charge in [0.2, 0.25) is 0 Å². The predicted molar refractivity (Wildman–Crippen MR) is 106 cm³/mol. The van der Waals surface area contributed by atoms with Gasteiger partial charge in [0.15, 0.2) is 0 Å². The molecule has 0 spiro atoms. The van der Waals surface area contributed by atoms with Gasteiger partial charge in [0.1, 0.15) is 0 Å². The SMILES string of the molecule is O=C(O)CCC/C=C1\C[C@@H]2C[C@@H](O)[C@H](/C=C/[C@H](O)CCC3CCCC3)[C@H]2C1. The van der Waals surface area contributed by atoms with Crippen LogP contribution in [0.25, 0.3) is 0 Å². The Labute approximate surface area is 163 Å². The first-order chi connectivity index (χ1) is 13.0. The zero-order valence-electron chi connectivity index (χ0n) is 16.4. The molecule has 0 heterocycles. The van der Waals surface area contributed by atoms with Gasteiger partial charge in [0, 0.05) is 12.3 Å². The lowest BCUT2D eigenvalue weighted by atomic mass is 9.90. The van der Waals surface area contributed by atoms with E-state index >= 15 is 0 Å². The highest BCUT2D eigenvalue weighted by molar-refractivity contribution is 5.66. The van der Waals surface area contributed by atoms with Gasteiger partial charge in [0.25, 0.3) is 0 Å². The molecular formula is C23H36O4. The maximum atomic E-state index is 10.6. The molecule has 3 fully saturated rings. The molecule has 0 bridgehead atoms. The summed E-state index contributed by atoms with van der Waals surface area (Å²) in [5.74, 6) is 1.25. The first kappa shape index (κ1) is 20.6. The van der Waals surface area contributed by atoms with E-state index in [1.165, 1.54) is 31.3 Å². The van der Waals surface area contributed by atoms with E-state index in [9.17, 15) is 15.0 Å². The number of hydrogen-bond donors (Lipinski definition) is 3. The van der Waals surface area contributed by atoms with E-state index in [-0.39, 0.29) is 24.5 Å². The zero-order chi connectivity index (χ0) is 19.2. The molecule has 0 radical (unpaired) electrons. The second-order valence-electron chi connectivity index (χ2n) is 9.04. The second kappa shape index (κ2) is 9.88. The minimum absolute atomic E-state index is 0.154. The fourth-order valence-electron chi connectivity index (χ4n) is 5.56. The van der Waals surface area contributed by atoms with Crippen molar-refractivity contribution in [3.05, 3.63) is 23.8 Å². The number of aliphatic hydroxyl groups is 2. The summed E-state index contributed by atoms with van der Waals surface area (Å²) < 4.78 is 0. The summed E-state index contributed by atoms with van der Waals surface area (Å²) in [7, 11) is 0. The van der Waals surface area contributed by atoms with E-state index < -0.39 is 5.97 Å². The Morgan fingerprint density at radius 2 is 2.00 bits per heavy atom. The average Bonchev–Trinajstić information content (AvgIpc) is 3.32. The molecule has 0 aliphatic heterocycles. The van der Waals surface area contributed by atoms with E-state index in [0.717, 1.165) is 44.4 Å². The lowest BCUT2D eigenvalue weighted by molar-refractivity contribution is -0.137. The number of fused-ring (bicyclic) bond motifs is 1. The van der Waals surface area contributed by atoms with Crippen molar-refractivity contribution in [3.8, 4) is 0 Å². The van der Waals surface area contributed by atoms with E-state index in [2.05, 4.69) is 12.2 Å². The summed E-state index contributed by atoms with van der Waals surface area (Å²) in [4.78, 5) is 10.6. The van der Waals surface area contributed by atoms with E-state index in [1.54, 1.807) is 0 Å². The van der Waals surface area contributed by atoms with Gasteiger partial charge in [-0.3, -0.25) is 4.79 Å². The van der Waals surface area contributed by atoms with Crippen molar-refractivity contribution in [1.29, 1.82) is 0 Å². The number of allylic oxidation sites excluding steroid dienone is 2. The van der Waals surface area contributed by atoms with Crippen LogP contribution in [0.2, 0.25) is 0 Å². The van der Waals surface area contributed by atoms with Gasteiger partial charge < -0.3 is 15.3 Å². The van der Waals surface area contributed by atoms with Crippen LogP contribution in [0.5, 0.6) is 0 Å². The van der Waals surface area contributed by atoms with Crippen LogP contribution in [0.3, 0.4) is 0 Å². The largest absolute Gasteiger partial charge is 0.481 e. The van der Waals surface area contributed by atoms with Gasteiger partial charge in [-0.05, 0) is 62.7 Å². The molecule has 0 unspecified atom stereocenters. The van der Waals surface area contributed by atoms with Crippen LogP contribution in [0.15, 0.2) is 23.8 Å². The van der Waals surface area contributed by atoms with Crippen molar-refractivity contribution in [3.63, 3.8) is 0 Å². The Kier molecular flexibility index (Phi) is 7.54. The molecule has 3 aliphatic carbocycles. The van der Waals surface area contributed by atoms with Crippen molar-refractivity contribution in [2.24, 2.45) is 23.7 Å². The van der Waals surface area contributed by atoms with Crippen LogP contribution in [-0.4, -0.2) is 33.5 Å². The summed E-state index contributed by atoms with van der Waals surface area (Å²) in [6.45, 7) is 0. The topological polar surface area (TPSA) is 77.8 Å². The van der Waals surface area contributed by atoms with E-state index in [1.807, 2.05) is 6.08 Å². The van der Waals surface area contributed by atoms with E-state index in [0.29, 0.717) is 18.3 Å². The minimum Gasteiger partial charge on any atom is -0.481 e. The first-order valence-electron chi connectivity index (χ1n) is 11.0. The Bertz CT molecular complexity index is 547. The average molecular weight is 377 g/mol. The summed E-state index contributed by atoms with van der Waals surface area (Å²) in [5, 5.41) is 29.5. The quantitative estimate of drug-likeness (QED) is 0.410. The van der Waals surface area contributed by atoms with Crippen LogP contribution in [0, 0.1) is 23.7 Å². The number of carboxylic acids is 1. The molecule has 27 heavy (non-hydrogen) atoms. The molecule has 0 saturated heterocycles. The minimum atomic E-state index is -0.725.